The van der Waals surface area contributed by atoms with E-state index in [-0.39, 0.29) is 0 Å². The highest BCUT2D eigenvalue weighted by atomic mass is 35.5. The van der Waals surface area contributed by atoms with E-state index in [1.165, 1.54) is 0 Å². The normalized spacial score (nSPS) is 10.6. The van der Waals surface area contributed by atoms with Gasteiger partial charge in [0.2, 0.25) is 0 Å². The molecule has 18 heavy (non-hydrogen) atoms. The van der Waals surface area contributed by atoms with Gasteiger partial charge >= 0.3 is 0 Å². The molecule has 0 saturated carbocycles. The molecule has 92 valence electrons. The van der Waals surface area contributed by atoms with Crippen LogP contribution in [0.3, 0.4) is 0 Å². The molecule has 0 fully saturated rings. The van der Waals surface area contributed by atoms with Gasteiger partial charge in [-0.05, 0) is 48.5 Å². The predicted molar refractivity (Wildman–Crippen MR) is 73.1 cm³/mol. The molecule has 2 rings (SSSR count). The molecule has 0 amide bonds. The van der Waals surface area contributed by atoms with Crippen molar-refractivity contribution in [3.8, 4) is 5.75 Å². The van der Waals surface area contributed by atoms with Gasteiger partial charge < -0.3 is 10.1 Å². The molecule has 0 spiro atoms. The van der Waals surface area contributed by atoms with Crippen LogP contribution in [0.5, 0.6) is 5.75 Å². The van der Waals surface area contributed by atoms with E-state index in [4.69, 9.17) is 16.5 Å². The second-order valence-corrected chi connectivity index (χ2v) is 3.73. The third-order valence-electron chi connectivity index (χ3n) is 2.40. The highest BCUT2D eigenvalue weighted by Gasteiger charge is 1.96. The van der Waals surface area contributed by atoms with Crippen LogP contribution in [0.15, 0.2) is 58.3 Å². The van der Waals surface area contributed by atoms with E-state index in [1.807, 2.05) is 48.5 Å². The minimum absolute atomic E-state index is 0.713. The Bertz CT molecular complexity index is 523. The van der Waals surface area contributed by atoms with Crippen molar-refractivity contribution in [2.45, 2.75) is 0 Å². The number of halogens is 1. The molecule has 5 heteroatoms. The first-order valence-electron chi connectivity index (χ1n) is 5.35. The Morgan fingerprint density at radius 3 is 2.00 bits per heavy atom. The summed E-state index contributed by atoms with van der Waals surface area (Å²) in [5, 5.41) is 6.99. The number of anilines is 2. The number of rotatable bonds is 4. The van der Waals surface area contributed by atoms with Gasteiger partial charge in [0.1, 0.15) is 5.75 Å². The van der Waals surface area contributed by atoms with Crippen LogP contribution in [-0.2, 0) is 0 Å². The third-order valence-corrected chi connectivity index (χ3v) is 2.47. The molecule has 0 aliphatic carbocycles. The van der Waals surface area contributed by atoms with Crippen molar-refractivity contribution in [3.05, 3.63) is 48.5 Å². The predicted octanol–water partition coefficient (Wildman–Crippen LogP) is 4.68. The third kappa shape index (κ3) is 3.21. The summed E-state index contributed by atoms with van der Waals surface area (Å²) >= 11 is 5.17. The maximum absolute atomic E-state index is 5.17. The summed E-state index contributed by atoms with van der Waals surface area (Å²) in [7, 11) is 1.65. The van der Waals surface area contributed by atoms with Crippen molar-refractivity contribution in [1.82, 2.24) is 0 Å². The molecule has 0 aliphatic heterocycles. The lowest BCUT2D eigenvalue weighted by Crippen LogP contribution is -1.89. The van der Waals surface area contributed by atoms with Crippen molar-refractivity contribution in [1.29, 1.82) is 0 Å². The van der Waals surface area contributed by atoms with E-state index >= 15 is 0 Å². The fourth-order valence-electron chi connectivity index (χ4n) is 1.50. The van der Waals surface area contributed by atoms with Gasteiger partial charge in [-0.2, -0.15) is 0 Å². The Kier molecular flexibility index (Phi) is 4.15. The van der Waals surface area contributed by atoms with Gasteiger partial charge in [0.15, 0.2) is 0 Å². The second-order valence-electron chi connectivity index (χ2n) is 3.58. The van der Waals surface area contributed by atoms with Crippen molar-refractivity contribution >= 4 is 28.8 Å². The molecule has 4 nitrogen and oxygen atoms in total. The Labute approximate surface area is 110 Å². The lowest BCUT2D eigenvalue weighted by molar-refractivity contribution is 0.415. The summed E-state index contributed by atoms with van der Waals surface area (Å²) in [4.78, 5) is 0. The molecule has 0 radical (unpaired) electrons. The molecular formula is C13H12ClN3O. The molecule has 1 N–H and O–H groups in total. The van der Waals surface area contributed by atoms with Crippen LogP contribution in [-0.4, -0.2) is 7.11 Å². The molecule has 0 bridgehead atoms. The highest BCUT2D eigenvalue weighted by Crippen LogP contribution is 2.22. The SMILES string of the molecule is COc1ccc(Nc2ccc(N=NCl)cc2)cc1. The molecule has 0 heterocycles. The fraction of sp³-hybridized carbons (Fsp3) is 0.0769. The minimum Gasteiger partial charge on any atom is -0.497 e. The lowest BCUT2D eigenvalue weighted by Gasteiger charge is -2.07. The van der Waals surface area contributed by atoms with Gasteiger partial charge in [0.05, 0.1) is 24.6 Å². The van der Waals surface area contributed by atoms with Gasteiger partial charge in [-0.25, -0.2) is 0 Å². The monoisotopic (exact) mass is 261 g/mol. The van der Waals surface area contributed by atoms with Crippen LogP contribution < -0.4 is 10.1 Å². The number of nitrogens with one attached hydrogen (secondary N) is 1. The highest BCUT2D eigenvalue weighted by molar-refractivity contribution is 6.14. The summed E-state index contributed by atoms with van der Waals surface area (Å²) < 4.78 is 8.30. The topological polar surface area (TPSA) is 46.0 Å². The van der Waals surface area contributed by atoms with E-state index in [9.17, 15) is 0 Å². The van der Waals surface area contributed by atoms with Crippen LogP contribution in [0.4, 0.5) is 17.1 Å². The number of hydrogen-bond acceptors (Lipinski definition) is 4. The summed E-state index contributed by atoms with van der Waals surface area (Å²) in [5.41, 5.74) is 2.67. The number of ether oxygens (including phenoxy) is 1. The van der Waals surface area contributed by atoms with Crippen LogP contribution in [0.1, 0.15) is 0 Å². The average Bonchev–Trinajstić information content (AvgIpc) is 2.42. The number of methoxy groups -OCH3 is 1. The average molecular weight is 262 g/mol. The first-order valence-corrected chi connectivity index (χ1v) is 5.69. The minimum atomic E-state index is 0.713. The Morgan fingerprint density at radius 1 is 0.944 bits per heavy atom. The number of hydrogen-bond donors (Lipinski definition) is 1. The molecule has 0 aromatic heterocycles. The summed E-state index contributed by atoms with van der Waals surface area (Å²) in [6, 6.07) is 15.2. The van der Waals surface area contributed by atoms with Gasteiger partial charge in [0.25, 0.3) is 0 Å². The molecule has 0 aliphatic rings. The quantitative estimate of drug-likeness (QED) is 0.813. The van der Waals surface area contributed by atoms with E-state index in [1.54, 1.807) is 7.11 Å². The van der Waals surface area contributed by atoms with Crippen molar-refractivity contribution in [3.63, 3.8) is 0 Å². The summed E-state index contributed by atoms with van der Waals surface area (Å²) in [6.45, 7) is 0. The number of benzene rings is 2. The Hall–Kier alpha value is -2.07. The zero-order valence-corrected chi connectivity index (χ0v) is 10.6. The summed E-state index contributed by atoms with van der Waals surface area (Å²) in [5.74, 6) is 0.832. The van der Waals surface area contributed by atoms with E-state index in [0.29, 0.717) is 5.69 Å². The van der Waals surface area contributed by atoms with E-state index in [0.717, 1.165) is 17.1 Å². The Balaban J connectivity index is 2.08. The zero-order valence-electron chi connectivity index (χ0n) is 9.80. The van der Waals surface area contributed by atoms with Crippen LogP contribution in [0, 0.1) is 0 Å². The van der Waals surface area contributed by atoms with Gasteiger partial charge in [-0.1, -0.05) is 4.63 Å². The first-order chi connectivity index (χ1) is 8.81. The molecule has 0 atom stereocenters. The lowest BCUT2D eigenvalue weighted by atomic mass is 10.2. The molecule has 2 aromatic rings. The molecule has 2 aromatic carbocycles. The van der Waals surface area contributed by atoms with Gasteiger partial charge in [-0.15, -0.1) is 5.11 Å². The maximum atomic E-state index is 5.17. The van der Waals surface area contributed by atoms with Crippen molar-refractivity contribution in [2.75, 3.05) is 12.4 Å². The first kappa shape index (κ1) is 12.4. The molecular weight excluding hydrogens is 250 g/mol. The number of nitrogens with zero attached hydrogens (tertiary/aromatic N) is 2. The Morgan fingerprint density at radius 2 is 1.50 bits per heavy atom. The maximum Gasteiger partial charge on any atom is 0.119 e. The van der Waals surface area contributed by atoms with Crippen molar-refractivity contribution in [2.24, 2.45) is 9.75 Å². The standard InChI is InChI=1S/C13H12ClN3O/c1-18-13-8-6-11(7-9-13)15-10-2-4-12(5-3-10)16-17-14/h2-9,15H,1H3. The van der Waals surface area contributed by atoms with Crippen LogP contribution in [0.25, 0.3) is 0 Å². The van der Waals surface area contributed by atoms with Gasteiger partial charge in [0, 0.05) is 11.4 Å². The van der Waals surface area contributed by atoms with Crippen LogP contribution in [0.2, 0.25) is 0 Å². The summed E-state index contributed by atoms with van der Waals surface area (Å²) in [6.07, 6.45) is 0. The van der Waals surface area contributed by atoms with Crippen LogP contribution >= 0.6 is 11.8 Å². The van der Waals surface area contributed by atoms with E-state index < -0.39 is 0 Å². The molecule has 0 saturated heterocycles. The fourth-order valence-corrected chi connectivity index (χ4v) is 1.58. The second kappa shape index (κ2) is 6.02. The molecule has 0 unspecified atom stereocenters. The smallest absolute Gasteiger partial charge is 0.119 e. The van der Waals surface area contributed by atoms with Gasteiger partial charge in [-0.3, -0.25) is 0 Å². The largest absolute Gasteiger partial charge is 0.497 e. The van der Waals surface area contributed by atoms with Crippen molar-refractivity contribution < 1.29 is 4.74 Å². The van der Waals surface area contributed by atoms with E-state index in [2.05, 4.69) is 15.1 Å². The zero-order chi connectivity index (χ0) is 12.8.